The molecule has 0 spiro atoms. The Morgan fingerprint density at radius 2 is 1.89 bits per heavy atom. The minimum absolute atomic E-state index is 0.0259. The fourth-order valence-corrected chi connectivity index (χ4v) is 4.91. The van der Waals surface area contributed by atoms with Crippen molar-refractivity contribution in [2.24, 2.45) is 11.8 Å². The van der Waals surface area contributed by atoms with Gasteiger partial charge in [0.15, 0.2) is 0 Å². The summed E-state index contributed by atoms with van der Waals surface area (Å²) in [5.74, 6) is 0.261. The highest BCUT2D eigenvalue weighted by molar-refractivity contribution is 7.10. The second kappa shape index (κ2) is 8.91. The number of carbonyl (C=O) groups excluding carboxylic acids is 2. The number of aryl methyl sites for hydroxylation is 2. The second-order valence-electron chi connectivity index (χ2n) is 8.21. The number of carbonyl (C=O) groups is 2. The summed E-state index contributed by atoms with van der Waals surface area (Å²) in [6, 6.07) is 10.1. The summed E-state index contributed by atoms with van der Waals surface area (Å²) in [6.07, 6.45) is 1.69. The molecule has 1 fully saturated rings. The van der Waals surface area contributed by atoms with Crippen molar-refractivity contribution in [2.75, 3.05) is 13.1 Å². The molecule has 1 N–H and O–H groups in total. The molecule has 2 unspecified atom stereocenters. The maximum absolute atomic E-state index is 13.0. The van der Waals surface area contributed by atoms with Crippen molar-refractivity contribution in [3.8, 4) is 0 Å². The minimum atomic E-state index is -0.148. The molecule has 0 radical (unpaired) electrons. The van der Waals surface area contributed by atoms with Crippen LogP contribution in [0.4, 0.5) is 0 Å². The van der Waals surface area contributed by atoms with Gasteiger partial charge in [0, 0.05) is 23.5 Å². The molecule has 2 heterocycles. The largest absolute Gasteiger partial charge is 0.348 e. The molecule has 5 heteroatoms. The maximum atomic E-state index is 13.0. The molecule has 4 nitrogen and oxygen atoms in total. The molecule has 1 aliphatic heterocycles. The Morgan fingerprint density at radius 3 is 2.50 bits per heavy atom. The van der Waals surface area contributed by atoms with Gasteiger partial charge in [0.2, 0.25) is 5.91 Å². The molecule has 3 rings (SSSR count). The van der Waals surface area contributed by atoms with Crippen molar-refractivity contribution in [1.29, 1.82) is 0 Å². The third kappa shape index (κ3) is 4.82. The monoisotopic (exact) mass is 398 g/mol. The van der Waals surface area contributed by atoms with Crippen LogP contribution in [0.2, 0.25) is 0 Å². The lowest BCUT2D eigenvalue weighted by Crippen LogP contribution is -2.46. The van der Waals surface area contributed by atoms with Gasteiger partial charge in [-0.25, -0.2) is 0 Å². The quantitative estimate of drug-likeness (QED) is 0.791. The molecule has 2 amide bonds. The molecule has 150 valence electrons. The predicted molar refractivity (Wildman–Crippen MR) is 115 cm³/mol. The van der Waals surface area contributed by atoms with E-state index >= 15 is 0 Å². The Hall–Kier alpha value is -2.14. The first-order chi connectivity index (χ1) is 13.3. The van der Waals surface area contributed by atoms with Crippen LogP contribution in [0, 0.1) is 25.7 Å². The molecule has 1 aromatic carbocycles. The van der Waals surface area contributed by atoms with E-state index < -0.39 is 0 Å². The van der Waals surface area contributed by atoms with Gasteiger partial charge in [0.1, 0.15) is 0 Å². The zero-order valence-electron chi connectivity index (χ0n) is 17.2. The van der Waals surface area contributed by atoms with Gasteiger partial charge in [-0.3, -0.25) is 9.59 Å². The number of hydrogen-bond acceptors (Lipinski definition) is 3. The predicted octanol–water partition coefficient (Wildman–Crippen LogP) is 4.73. The second-order valence-corrected chi connectivity index (χ2v) is 9.19. The topological polar surface area (TPSA) is 49.4 Å². The molecule has 1 aromatic heterocycles. The van der Waals surface area contributed by atoms with Crippen molar-refractivity contribution in [3.05, 3.63) is 57.3 Å². The van der Waals surface area contributed by atoms with E-state index in [0.717, 1.165) is 29.5 Å². The van der Waals surface area contributed by atoms with Crippen molar-refractivity contribution in [2.45, 2.75) is 46.6 Å². The first-order valence-electron chi connectivity index (χ1n) is 10.1. The summed E-state index contributed by atoms with van der Waals surface area (Å²) in [6.45, 7) is 9.48. The first-order valence-corrected chi connectivity index (χ1v) is 10.9. The van der Waals surface area contributed by atoms with Crippen LogP contribution in [-0.2, 0) is 4.79 Å². The van der Waals surface area contributed by atoms with E-state index in [-0.39, 0.29) is 23.8 Å². The standard InChI is InChI=1S/C23H30N2O2S/c1-15(2)21(20-8-6-10-28-20)24-22(26)18-7-5-9-25(14-18)23(27)19-12-16(3)11-17(4)13-19/h6,8,10-13,15,18,21H,5,7,9,14H2,1-4H3,(H,24,26). The van der Waals surface area contributed by atoms with Crippen molar-refractivity contribution in [1.82, 2.24) is 10.2 Å². The Bertz CT molecular complexity index is 809. The van der Waals surface area contributed by atoms with Gasteiger partial charge in [-0.05, 0) is 56.2 Å². The van der Waals surface area contributed by atoms with Crippen LogP contribution in [0.25, 0.3) is 0 Å². The summed E-state index contributed by atoms with van der Waals surface area (Å²) in [5, 5.41) is 5.28. The number of rotatable bonds is 5. The lowest BCUT2D eigenvalue weighted by molar-refractivity contribution is -0.127. The zero-order chi connectivity index (χ0) is 20.3. The average molecular weight is 399 g/mol. The van der Waals surface area contributed by atoms with Gasteiger partial charge in [-0.2, -0.15) is 0 Å². The Balaban J connectivity index is 1.68. The number of amides is 2. The molecule has 28 heavy (non-hydrogen) atoms. The molecule has 2 atom stereocenters. The van der Waals surface area contributed by atoms with Crippen LogP contribution in [0.15, 0.2) is 35.7 Å². The number of benzene rings is 1. The highest BCUT2D eigenvalue weighted by Crippen LogP contribution is 2.27. The highest BCUT2D eigenvalue weighted by Gasteiger charge is 2.31. The van der Waals surface area contributed by atoms with Crippen LogP contribution < -0.4 is 5.32 Å². The van der Waals surface area contributed by atoms with Gasteiger partial charge in [0.05, 0.1) is 12.0 Å². The summed E-state index contributed by atoms with van der Waals surface area (Å²) in [7, 11) is 0. The molecule has 2 aromatic rings. The number of hydrogen-bond donors (Lipinski definition) is 1. The number of thiophene rings is 1. The third-order valence-electron chi connectivity index (χ3n) is 5.36. The van der Waals surface area contributed by atoms with Crippen molar-refractivity contribution in [3.63, 3.8) is 0 Å². The zero-order valence-corrected chi connectivity index (χ0v) is 18.0. The van der Waals surface area contributed by atoms with Gasteiger partial charge >= 0.3 is 0 Å². The van der Waals surface area contributed by atoms with Crippen LogP contribution >= 0.6 is 11.3 Å². The first kappa shape index (κ1) is 20.6. The smallest absolute Gasteiger partial charge is 0.253 e. The Labute approximate surface area is 172 Å². The average Bonchev–Trinajstić information content (AvgIpc) is 3.18. The Morgan fingerprint density at radius 1 is 1.18 bits per heavy atom. The van der Waals surface area contributed by atoms with Crippen LogP contribution in [0.3, 0.4) is 0 Å². The van der Waals surface area contributed by atoms with Gasteiger partial charge < -0.3 is 10.2 Å². The highest BCUT2D eigenvalue weighted by atomic mass is 32.1. The maximum Gasteiger partial charge on any atom is 0.253 e. The van der Waals surface area contributed by atoms with E-state index in [2.05, 4.69) is 31.3 Å². The van der Waals surface area contributed by atoms with Crippen molar-refractivity contribution < 1.29 is 9.59 Å². The van der Waals surface area contributed by atoms with E-state index in [0.29, 0.717) is 19.0 Å². The fourth-order valence-electron chi connectivity index (χ4n) is 3.96. The third-order valence-corrected chi connectivity index (χ3v) is 6.32. The molecule has 1 saturated heterocycles. The summed E-state index contributed by atoms with van der Waals surface area (Å²) in [4.78, 5) is 29.0. The van der Waals surface area contributed by atoms with E-state index in [1.54, 1.807) is 11.3 Å². The number of nitrogens with one attached hydrogen (secondary N) is 1. The summed E-state index contributed by atoms with van der Waals surface area (Å²) >= 11 is 1.67. The van der Waals surface area contributed by atoms with E-state index in [4.69, 9.17) is 0 Å². The normalized spacial score (nSPS) is 18.2. The van der Waals surface area contributed by atoms with Crippen LogP contribution in [0.5, 0.6) is 0 Å². The molecular formula is C23H30N2O2S. The van der Waals surface area contributed by atoms with Gasteiger partial charge in [-0.15, -0.1) is 11.3 Å². The van der Waals surface area contributed by atoms with Crippen molar-refractivity contribution >= 4 is 23.2 Å². The molecular weight excluding hydrogens is 368 g/mol. The SMILES string of the molecule is Cc1cc(C)cc(C(=O)N2CCCC(C(=O)NC(c3cccs3)C(C)C)C2)c1. The lowest BCUT2D eigenvalue weighted by atomic mass is 9.94. The van der Waals surface area contributed by atoms with Gasteiger partial charge in [0.25, 0.3) is 5.91 Å². The lowest BCUT2D eigenvalue weighted by Gasteiger charge is -2.33. The summed E-state index contributed by atoms with van der Waals surface area (Å²) < 4.78 is 0. The number of nitrogens with zero attached hydrogens (tertiary/aromatic N) is 1. The number of likely N-dealkylation sites (tertiary alicyclic amines) is 1. The molecule has 1 aliphatic rings. The van der Waals surface area contributed by atoms with Gasteiger partial charge in [-0.1, -0.05) is 37.1 Å². The minimum Gasteiger partial charge on any atom is -0.348 e. The van der Waals surface area contributed by atoms with Crippen LogP contribution in [-0.4, -0.2) is 29.8 Å². The summed E-state index contributed by atoms with van der Waals surface area (Å²) in [5.41, 5.74) is 2.90. The molecule has 0 bridgehead atoms. The number of piperidine rings is 1. The fraction of sp³-hybridized carbons (Fsp3) is 0.478. The molecule has 0 aliphatic carbocycles. The Kier molecular flexibility index (Phi) is 6.55. The van der Waals surface area contributed by atoms with E-state index in [9.17, 15) is 9.59 Å². The van der Waals surface area contributed by atoms with Crippen LogP contribution in [0.1, 0.15) is 59.1 Å². The molecule has 0 saturated carbocycles. The van der Waals surface area contributed by atoms with E-state index in [1.807, 2.05) is 42.3 Å². The van der Waals surface area contributed by atoms with E-state index in [1.165, 1.54) is 4.88 Å².